The number of hydrogen-bond acceptors (Lipinski definition) is 6. The molecular formula is C15H16FIN4O2. The van der Waals surface area contributed by atoms with Gasteiger partial charge in [0.1, 0.15) is 23.0 Å². The third-order valence-electron chi connectivity index (χ3n) is 3.03. The first-order chi connectivity index (χ1) is 11.0. The number of ether oxygens (including phenoxy) is 1. The summed E-state index contributed by atoms with van der Waals surface area (Å²) in [5.74, 6) is 4.98. The lowest BCUT2D eigenvalue weighted by molar-refractivity contribution is 0.0527. The minimum absolute atomic E-state index is 0.169. The van der Waals surface area contributed by atoms with Crippen LogP contribution in [0.1, 0.15) is 22.8 Å². The maximum absolute atomic E-state index is 14.0. The topological polar surface area (TPSA) is 89.3 Å². The third kappa shape index (κ3) is 4.08. The quantitative estimate of drug-likeness (QED) is 0.292. The molecule has 0 aliphatic rings. The summed E-state index contributed by atoms with van der Waals surface area (Å²) < 4.78 is 19.8. The number of anilines is 3. The van der Waals surface area contributed by atoms with Gasteiger partial charge in [0.25, 0.3) is 0 Å². The van der Waals surface area contributed by atoms with Crippen LogP contribution in [0.15, 0.2) is 24.3 Å². The zero-order valence-electron chi connectivity index (χ0n) is 12.6. The number of benzene rings is 1. The molecule has 4 N–H and O–H groups in total. The minimum atomic E-state index is -0.542. The maximum atomic E-state index is 14.0. The first-order valence-corrected chi connectivity index (χ1v) is 7.91. The van der Waals surface area contributed by atoms with Gasteiger partial charge in [-0.3, -0.25) is 0 Å². The van der Waals surface area contributed by atoms with Crippen molar-refractivity contribution >= 4 is 45.9 Å². The molecule has 1 aromatic carbocycles. The standard InChI is InChI=1S/C15H16FIN4O2/c1-3-23-15(22)10-6-8(2)13(21-18)20-14(10)19-12-5-4-9(17)7-11(12)16/h4-7H,3,18H2,1-2H3,(H2,19,20,21). The number of pyridine rings is 1. The Balaban J connectivity index is 2.47. The number of nitrogens with zero attached hydrogens (tertiary/aromatic N) is 1. The molecule has 2 aromatic rings. The number of rotatable bonds is 5. The Morgan fingerprint density at radius 2 is 2.13 bits per heavy atom. The lowest BCUT2D eigenvalue weighted by atomic mass is 10.1. The number of hydrazine groups is 1. The molecule has 0 radical (unpaired) electrons. The molecule has 0 fully saturated rings. The molecule has 0 atom stereocenters. The van der Waals surface area contributed by atoms with Gasteiger partial charge < -0.3 is 15.5 Å². The smallest absolute Gasteiger partial charge is 0.341 e. The summed E-state index contributed by atoms with van der Waals surface area (Å²) in [7, 11) is 0. The Bertz CT molecular complexity index is 740. The van der Waals surface area contributed by atoms with E-state index < -0.39 is 11.8 Å². The van der Waals surface area contributed by atoms with Gasteiger partial charge >= 0.3 is 5.97 Å². The number of nitrogens with two attached hydrogens (primary N) is 1. The van der Waals surface area contributed by atoms with E-state index in [0.717, 1.165) is 3.57 Å². The van der Waals surface area contributed by atoms with E-state index in [9.17, 15) is 9.18 Å². The molecule has 122 valence electrons. The van der Waals surface area contributed by atoms with E-state index in [0.29, 0.717) is 11.4 Å². The maximum Gasteiger partial charge on any atom is 0.341 e. The van der Waals surface area contributed by atoms with Gasteiger partial charge in [0.05, 0.1) is 12.3 Å². The van der Waals surface area contributed by atoms with E-state index in [1.807, 2.05) is 22.6 Å². The zero-order valence-corrected chi connectivity index (χ0v) is 14.8. The van der Waals surface area contributed by atoms with Gasteiger partial charge in [-0.25, -0.2) is 20.0 Å². The Morgan fingerprint density at radius 3 is 2.74 bits per heavy atom. The Hall–Kier alpha value is -1.94. The summed E-state index contributed by atoms with van der Waals surface area (Å²) >= 11 is 2.01. The summed E-state index contributed by atoms with van der Waals surface area (Å²) in [6.07, 6.45) is 0. The second kappa shape index (κ2) is 7.55. The van der Waals surface area contributed by atoms with E-state index in [1.54, 1.807) is 32.0 Å². The van der Waals surface area contributed by atoms with Crippen LogP contribution in [0.5, 0.6) is 0 Å². The molecule has 0 bridgehead atoms. The van der Waals surface area contributed by atoms with E-state index >= 15 is 0 Å². The van der Waals surface area contributed by atoms with E-state index in [-0.39, 0.29) is 23.7 Å². The highest BCUT2D eigenvalue weighted by molar-refractivity contribution is 14.1. The number of nitrogens with one attached hydrogen (secondary N) is 2. The van der Waals surface area contributed by atoms with Crippen molar-refractivity contribution < 1.29 is 13.9 Å². The SMILES string of the molecule is CCOC(=O)c1cc(C)c(NN)nc1Nc1ccc(I)cc1F. The first kappa shape index (κ1) is 17.4. The summed E-state index contributed by atoms with van der Waals surface area (Å²) in [4.78, 5) is 16.3. The highest BCUT2D eigenvalue weighted by atomic mass is 127. The molecule has 0 saturated heterocycles. The Kier molecular flexibility index (Phi) is 5.72. The molecule has 8 heteroatoms. The van der Waals surface area contributed by atoms with Crippen molar-refractivity contribution in [3.63, 3.8) is 0 Å². The first-order valence-electron chi connectivity index (χ1n) is 6.83. The van der Waals surface area contributed by atoms with Crippen LogP contribution >= 0.6 is 22.6 Å². The van der Waals surface area contributed by atoms with Crippen molar-refractivity contribution in [1.29, 1.82) is 0 Å². The molecule has 23 heavy (non-hydrogen) atoms. The van der Waals surface area contributed by atoms with Gasteiger partial charge in [0.15, 0.2) is 0 Å². The fourth-order valence-electron chi connectivity index (χ4n) is 1.94. The van der Waals surface area contributed by atoms with Crippen molar-refractivity contribution in [2.24, 2.45) is 5.84 Å². The fraction of sp³-hybridized carbons (Fsp3) is 0.200. The van der Waals surface area contributed by atoms with Gasteiger partial charge in [-0.15, -0.1) is 0 Å². The largest absolute Gasteiger partial charge is 0.462 e. The fourth-order valence-corrected chi connectivity index (χ4v) is 2.39. The van der Waals surface area contributed by atoms with Gasteiger partial charge in [0, 0.05) is 3.57 Å². The third-order valence-corrected chi connectivity index (χ3v) is 3.70. The molecular weight excluding hydrogens is 414 g/mol. The van der Waals surface area contributed by atoms with Gasteiger partial charge in [-0.05, 0) is 66.3 Å². The Labute approximate surface area is 146 Å². The number of carbonyl (C=O) groups excluding carboxylic acids is 1. The average molecular weight is 430 g/mol. The van der Waals surface area contributed by atoms with Crippen molar-refractivity contribution in [1.82, 2.24) is 4.98 Å². The van der Waals surface area contributed by atoms with Crippen LogP contribution in [0.25, 0.3) is 0 Å². The number of halogens is 2. The molecule has 0 saturated carbocycles. The van der Waals surface area contributed by atoms with Crippen LogP contribution in [0.4, 0.5) is 21.7 Å². The van der Waals surface area contributed by atoms with Crippen molar-refractivity contribution in [2.75, 3.05) is 17.3 Å². The lowest BCUT2D eigenvalue weighted by Gasteiger charge is -2.14. The summed E-state index contributed by atoms with van der Waals surface area (Å²) in [6.45, 7) is 3.69. The Morgan fingerprint density at radius 1 is 1.39 bits per heavy atom. The lowest BCUT2D eigenvalue weighted by Crippen LogP contribution is -2.15. The molecule has 2 rings (SSSR count). The second-order valence-corrected chi connectivity index (χ2v) is 5.91. The number of esters is 1. The van der Waals surface area contributed by atoms with Crippen LogP contribution < -0.4 is 16.6 Å². The number of carbonyl (C=O) groups is 1. The second-order valence-electron chi connectivity index (χ2n) is 4.66. The average Bonchev–Trinajstić information content (AvgIpc) is 2.51. The number of nitrogen functional groups attached to an aromatic ring is 1. The molecule has 6 nitrogen and oxygen atoms in total. The molecule has 1 aromatic heterocycles. The zero-order chi connectivity index (χ0) is 17.0. The summed E-state index contributed by atoms with van der Waals surface area (Å²) in [5.41, 5.74) is 3.53. The summed E-state index contributed by atoms with van der Waals surface area (Å²) in [5, 5.41) is 2.82. The van der Waals surface area contributed by atoms with E-state index in [2.05, 4.69) is 15.7 Å². The van der Waals surface area contributed by atoms with Gasteiger partial charge in [0.2, 0.25) is 0 Å². The van der Waals surface area contributed by atoms with Gasteiger partial charge in [-0.1, -0.05) is 0 Å². The summed E-state index contributed by atoms with van der Waals surface area (Å²) in [6, 6.07) is 6.28. The number of aryl methyl sites for hydroxylation is 1. The molecule has 0 amide bonds. The minimum Gasteiger partial charge on any atom is -0.462 e. The van der Waals surface area contributed by atoms with Crippen LogP contribution in [0, 0.1) is 16.3 Å². The van der Waals surface area contributed by atoms with E-state index in [4.69, 9.17) is 10.6 Å². The monoisotopic (exact) mass is 430 g/mol. The highest BCUT2D eigenvalue weighted by Crippen LogP contribution is 2.26. The van der Waals surface area contributed by atoms with Crippen LogP contribution in [0.2, 0.25) is 0 Å². The number of aromatic nitrogens is 1. The van der Waals surface area contributed by atoms with Crippen LogP contribution in [0.3, 0.4) is 0 Å². The highest BCUT2D eigenvalue weighted by Gasteiger charge is 2.18. The van der Waals surface area contributed by atoms with Crippen molar-refractivity contribution in [2.45, 2.75) is 13.8 Å². The molecule has 0 spiro atoms. The molecule has 0 aliphatic heterocycles. The van der Waals surface area contributed by atoms with Crippen molar-refractivity contribution in [3.05, 3.63) is 44.8 Å². The molecule has 1 heterocycles. The molecule has 0 aliphatic carbocycles. The predicted molar refractivity (Wildman–Crippen MR) is 95.1 cm³/mol. The normalized spacial score (nSPS) is 10.3. The van der Waals surface area contributed by atoms with Gasteiger partial charge in [-0.2, -0.15) is 0 Å². The number of hydrogen-bond donors (Lipinski definition) is 3. The van der Waals surface area contributed by atoms with Crippen LogP contribution in [-0.4, -0.2) is 17.6 Å². The predicted octanol–water partition coefficient (Wildman–Crippen LogP) is 3.34. The van der Waals surface area contributed by atoms with E-state index in [1.165, 1.54) is 6.07 Å². The van der Waals surface area contributed by atoms with Crippen LogP contribution in [-0.2, 0) is 4.74 Å². The molecule has 0 unspecified atom stereocenters. The van der Waals surface area contributed by atoms with Crippen molar-refractivity contribution in [3.8, 4) is 0 Å².